The van der Waals surface area contributed by atoms with Gasteiger partial charge in [0.05, 0.1) is 44.3 Å². The maximum absolute atomic E-state index is 13.6. The molecule has 0 aliphatic carbocycles. The smallest absolute Gasteiger partial charge is 0.338 e. The summed E-state index contributed by atoms with van der Waals surface area (Å²) in [5.41, 5.74) is 7.17. The molecule has 3 aromatic carbocycles. The number of fused-ring (bicyclic) bond motifs is 1. The first-order chi connectivity index (χ1) is 24.2. The molecule has 1 aliphatic rings. The summed E-state index contributed by atoms with van der Waals surface area (Å²) in [5, 5.41) is 0. The van der Waals surface area contributed by atoms with Crippen LogP contribution in [0.5, 0.6) is 17.2 Å². The van der Waals surface area contributed by atoms with Crippen molar-refractivity contribution in [3.63, 3.8) is 0 Å². The minimum atomic E-state index is -1.31. The summed E-state index contributed by atoms with van der Waals surface area (Å²) in [5.74, 6) is -0.589. The van der Waals surface area contributed by atoms with Gasteiger partial charge in [-0.05, 0) is 72.8 Å². The molecule has 16 heteroatoms. The zero-order valence-electron chi connectivity index (χ0n) is 26.9. The monoisotopic (exact) mass is 701 g/mol. The molecule has 50 heavy (non-hydrogen) atoms. The van der Waals surface area contributed by atoms with E-state index in [0.29, 0.717) is 28.4 Å². The number of benzene rings is 3. The number of anilines is 1. The third-order valence-electron chi connectivity index (χ3n) is 7.87. The van der Waals surface area contributed by atoms with Crippen molar-refractivity contribution in [1.82, 2.24) is 19.5 Å². The second kappa shape index (κ2) is 14.6. The van der Waals surface area contributed by atoms with Crippen LogP contribution in [-0.4, -0.2) is 83.7 Å². The molecule has 258 valence electrons. The zero-order valence-corrected chi connectivity index (χ0v) is 27.7. The molecule has 0 spiro atoms. The zero-order chi connectivity index (χ0) is 35.4. The molecule has 5 aromatic rings. The van der Waals surface area contributed by atoms with Crippen LogP contribution in [-0.2, 0) is 18.9 Å². The van der Waals surface area contributed by atoms with E-state index < -0.39 is 49.1 Å². The molecule has 1 aliphatic heterocycles. The highest BCUT2D eigenvalue weighted by molar-refractivity contribution is 7.71. The van der Waals surface area contributed by atoms with Crippen molar-refractivity contribution in [3.05, 3.63) is 100 Å². The van der Waals surface area contributed by atoms with Crippen LogP contribution in [0, 0.1) is 4.64 Å². The third-order valence-corrected chi connectivity index (χ3v) is 8.15. The van der Waals surface area contributed by atoms with E-state index in [2.05, 4.69) is 15.0 Å². The fourth-order valence-electron chi connectivity index (χ4n) is 5.29. The Morgan fingerprint density at radius 2 is 1.26 bits per heavy atom. The minimum Gasteiger partial charge on any atom is -0.497 e. The van der Waals surface area contributed by atoms with Crippen molar-refractivity contribution < 1.29 is 47.5 Å². The number of carbonyl (C=O) groups excluding carboxylic acids is 3. The van der Waals surface area contributed by atoms with Gasteiger partial charge in [-0.1, -0.05) is 12.2 Å². The number of hydrogen-bond donors (Lipinski definition) is 2. The number of hydrogen-bond acceptors (Lipinski definition) is 14. The number of nitrogens with one attached hydrogen (secondary N) is 1. The number of methoxy groups -OCH3 is 3. The first-order valence-electron chi connectivity index (χ1n) is 15.1. The molecular formula is C34H31N5O10S. The van der Waals surface area contributed by atoms with Crippen LogP contribution in [0.4, 0.5) is 5.95 Å². The predicted molar refractivity (Wildman–Crippen MR) is 179 cm³/mol. The van der Waals surface area contributed by atoms with Gasteiger partial charge in [0.15, 0.2) is 29.0 Å². The summed E-state index contributed by atoms with van der Waals surface area (Å²) in [7, 11) is 4.51. The molecule has 4 atom stereocenters. The maximum atomic E-state index is 13.6. The Morgan fingerprint density at radius 1 is 0.780 bits per heavy atom. The van der Waals surface area contributed by atoms with E-state index in [0.717, 1.165) is 0 Å². The number of nitrogen functional groups attached to an aromatic ring is 1. The number of nitrogens with zero attached hydrogens (tertiary/aromatic N) is 3. The van der Waals surface area contributed by atoms with E-state index in [1.807, 2.05) is 0 Å². The van der Waals surface area contributed by atoms with Gasteiger partial charge >= 0.3 is 17.9 Å². The first-order valence-corrected chi connectivity index (χ1v) is 15.5. The number of esters is 3. The second-order valence-corrected chi connectivity index (χ2v) is 11.3. The Kier molecular flexibility index (Phi) is 9.92. The van der Waals surface area contributed by atoms with Gasteiger partial charge in [0, 0.05) is 0 Å². The summed E-state index contributed by atoms with van der Waals surface area (Å²) >= 11 is 5.35. The number of nitrogens with two attached hydrogens (primary N) is 1. The summed E-state index contributed by atoms with van der Waals surface area (Å²) < 4.78 is 41.3. The van der Waals surface area contributed by atoms with Gasteiger partial charge in [0.2, 0.25) is 0 Å². The fourth-order valence-corrected chi connectivity index (χ4v) is 5.53. The molecule has 3 N–H and O–H groups in total. The summed E-state index contributed by atoms with van der Waals surface area (Å²) in [6.07, 6.45) is -3.55. The van der Waals surface area contributed by atoms with Gasteiger partial charge in [0.25, 0.3) is 0 Å². The Labute approximate surface area is 289 Å². The van der Waals surface area contributed by atoms with Crippen LogP contribution < -0.4 is 19.9 Å². The van der Waals surface area contributed by atoms with Crippen molar-refractivity contribution >= 4 is 47.2 Å². The molecule has 6 rings (SSSR count). The lowest BCUT2D eigenvalue weighted by Gasteiger charge is -2.25. The number of aromatic nitrogens is 4. The lowest BCUT2D eigenvalue weighted by Crippen LogP contribution is -2.41. The van der Waals surface area contributed by atoms with E-state index in [1.165, 1.54) is 56.5 Å². The summed E-state index contributed by atoms with van der Waals surface area (Å²) in [6.45, 7) is -0.398. The molecule has 15 nitrogen and oxygen atoms in total. The van der Waals surface area contributed by atoms with Crippen molar-refractivity contribution in [1.29, 1.82) is 0 Å². The number of rotatable bonds is 11. The Morgan fingerprint density at radius 3 is 1.76 bits per heavy atom. The van der Waals surface area contributed by atoms with E-state index in [-0.39, 0.29) is 27.3 Å². The molecular weight excluding hydrogens is 670 g/mol. The van der Waals surface area contributed by atoms with E-state index in [9.17, 15) is 14.4 Å². The normalized spacial score (nSPS) is 18.3. The van der Waals surface area contributed by atoms with Crippen LogP contribution in [0.3, 0.4) is 0 Å². The van der Waals surface area contributed by atoms with Gasteiger partial charge in [-0.3, -0.25) is 4.57 Å². The maximum Gasteiger partial charge on any atom is 0.338 e. The lowest BCUT2D eigenvalue weighted by molar-refractivity contribution is -0.0606. The number of carbonyl (C=O) groups is 3. The van der Waals surface area contributed by atoms with Crippen molar-refractivity contribution in [2.75, 3.05) is 33.7 Å². The molecule has 0 saturated carbocycles. The van der Waals surface area contributed by atoms with Gasteiger partial charge in [-0.25, -0.2) is 24.4 Å². The fraction of sp³-hybridized carbons (Fsp3) is 0.235. The SMILES string of the molecule is COc1ccc(C(=O)OC[C@@H]2O[C@@H](n3cnc4c(=S)nc(N)[nH]c43)[C@@H](OC(=O)c3ccc(OC)cc3)[C@@H]2OC(=O)c2ccc(OC)cc2)cc1. The minimum absolute atomic E-state index is 0.00137. The standard InChI is InChI=1S/C34H31N5O10S/c1-43-21-10-4-18(5-11-21)31(40)46-16-24-26(48-32(41)19-6-12-22(44-2)13-7-19)27(49-33(42)20-8-14-23(45-3)15-9-20)30(47-24)39-17-36-25-28(39)37-34(35)38-29(25)50/h4-15,17,24,26-27,30H,16H2,1-3H3,(H3,35,37,38,50)/t24-,26+,27-,30+/m0/s1. The van der Waals surface area contributed by atoms with E-state index >= 15 is 0 Å². The number of ether oxygens (including phenoxy) is 7. The lowest BCUT2D eigenvalue weighted by atomic mass is 10.1. The molecule has 1 saturated heterocycles. The average Bonchev–Trinajstić information content (AvgIpc) is 3.71. The van der Waals surface area contributed by atoms with Crippen molar-refractivity contribution in [3.8, 4) is 17.2 Å². The molecule has 2 aromatic heterocycles. The third kappa shape index (κ3) is 7.06. The number of H-pyrrole nitrogens is 1. The van der Waals surface area contributed by atoms with Crippen LogP contribution in [0.1, 0.15) is 37.3 Å². The number of aromatic amines is 1. The van der Waals surface area contributed by atoms with Gasteiger partial charge in [0.1, 0.15) is 41.1 Å². The van der Waals surface area contributed by atoms with Gasteiger partial charge in [-0.15, -0.1) is 0 Å². The quantitative estimate of drug-likeness (QED) is 0.113. The van der Waals surface area contributed by atoms with E-state index in [4.69, 9.17) is 51.1 Å². The molecule has 0 bridgehead atoms. The average molecular weight is 702 g/mol. The van der Waals surface area contributed by atoms with Gasteiger partial charge < -0.3 is 43.9 Å². The second-order valence-electron chi connectivity index (χ2n) is 10.9. The van der Waals surface area contributed by atoms with E-state index in [1.54, 1.807) is 48.5 Å². The molecule has 1 fully saturated rings. The molecule has 0 amide bonds. The van der Waals surface area contributed by atoms with Crippen LogP contribution in [0.25, 0.3) is 11.2 Å². The highest BCUT2D eigenvalue weighted by Gasteiger charge is 2.52. The first kappa shape index (κ1) is 33.9. The molecule has 3 heterocycles. The van der Waals surface area contributed by atoms with Crippen LogP contribution in [0.2, 0.25) is 0 Å². The summed E-state index contributed by atoms with van der Waals surface area (Å²) in [4.78, 5) is 51.6. The Bertz CT molecular complexity index is 2070. The van der Waals surface area contributed by atoms with Gasteiger partial charge in [-0.2, -0.15) is 0 Å². The van der Waals surface area contributed by atoms with Crippen LogP contribution >= 0.6 is 12.2 Å². The highest BCUT2D eigenvalue weighted by Crippen LogP contribution is 2.37. The van der Waals surface area contributed by atoms with Crippen molar-refractivity contribution in [2.24, 2.45) is 0 Å². The van der Waals surface area contributed by atoms with Crippen LogP contribution in [0.15, 0.2) is 79.1 Å². The predicted octanol–water partition coefficient (Wildman–Crippen LogP) is 4.30. The van der Waals surface area contributed by atoms with Crippen molar-refractivity contribution in [2.45, 2.75) is 24.5 Å². The molecule has 0 unspecified atom stereocenters. The summed E-state index contributed by atoms with van der Waals surface area (Å²) in [6, 6.07) is 18.8. The largest absolute Gasteiger partial charge is 0.497 e. The highest BCUT2D eigenvalue weighted by atomic mass is 32.1. The topological polar surface area (TPSA) is 188 Å². The Balaban J connectivity index is 1.37. The Hall–Kier alpha value is -6.00. The molecule has 0 radical (unpaired) electrons. The number of imidazole rings is 1.